The number of aryl methyl sites for hydroxylation is 2. The number of rotatable bonds is 5. The van der Waals surface area contributed by atoms with Gasteiger partial charge in [-0.3, -0.25) is 0 Å². The summed E-state index contributed by atoms with van der Waals surface area (Å²) in [6.07, 6.45) is 0.182. The van der Waals surface area contributed by atoms with Crippen LogP contribution in [-0.2, 0) is 0 Å². The van der Waals surface area contributed by atoms with Crippen LogP contribution in [-0.4, -0.2) is 18.7 Å². The molecule has 0 saturated carbocycles. The van der Waals surface area contributed by atoms with E-state index in [4.69, 9.17) is 4.74 Å². The van der Waals surface area contributed by atoms with Crippen molar-refractivity contribution in [2.45, 2.75) is 46.8 Å². The molecule has 0 aliphatic carbocycles. The highest BCUT2D eigenvalue weighted by atomic mass is 16.5. The Morgan fingerprint density at radius 1 is 1.12 bits per heavy atom. The first-order valence-electron chi connectivity index (χ1n) is 6.01. The van der Waals surface area contributed by atoms with Crippen molar-refractivity contribution < 1.29 is 4.74 Å². The lowest BCUT2D eigenvalue weighted by molar-refractivity contribution is 0.179. The molecule has 0 aromatic heterocycles. The second-order valence-corrected chi connectivity index (χ2v) is 4.49. The summed E-state index contributed by atoms with van der Waals surface area (Å²) in [6, 6.07) is 6.70. The smallest absolute Gasteiger partial charge is 0.120 e. The molecule has 0 aliphatic rings. The topological polar surface area (TPSA) is 21.3 Å². The van der Waals surface area contributed by atoms with Crippen LogP contribution in [0, 0.1) is 13.8 Å². The predicted octanol–water partition coefficient (Wildman–Crippen LogP) is 3.07. The lowest BCUT2D eigenvalue weighted by Gasteiger charge is -2.22. The Morgan fingerprint density at radius 3 is 2.19 bits per heavy atom. The standard InChI is InChI=1S/C14H23NO/c1-6-15-12(4)13(5)16-14-8-10(2)7-11(3)9-14/h7-9,12-13,15H,6H2,1-5H3. The van der Waals surface area contributed by atoms with E-state index in [1.807, 2.05) is 0 Å². The summed E-state index contributed by atoms with van der Waals surface area (Å²) < 4.78 is 5.93. The van der Waals surface area contributed by atoms with Gasteiger partial charge in [0.05, 0.1) is 0 Å². The zero-order valence-electron chi connectivity index (χ0n) is 11.0. The van der Waals surface area contributed by atoms with E-state index in [2.05, 4.69) is 58.1 Å². The van der Waals surface area contributed by atoms with Gasteiger partial charge < -0.3 is 10.1 Å². The quantitative estimate of drug-likeness (QED) is 0.825. The molecule has 2 unspecified atom stereocenters. The molecule has 2 nitrogen and oxygen atoms in total. The minimum atomic E-state index is 0.182. The van der Waals surface area contributed by atoms with Crippen LogP contribution in [0.15, 0.2) is 18.2 Å². The summed E-state index contributed by atoms with van der Waals surface area (Å²) >= 11 is 0. The molecule has 2 atom stereocenters. The average molecular weight is 221 g/mol. The minimum Gasteiger partial charge on any atom is -0.489 e. The van der Waals surface area contributed by atoms with Gasteiger partial charge in [0.2, 0.25) is 0 Å². The third kappa shape index (κ3) is 3.86. The van der Waals surface area contributed by atoms with Crippen molar-refractivity contribution in [2.24, 2.45) is 0 Å². The number of hydrogen-bond donors (Lipinski definition) is 1. The third-order valence-corrected chi connectivity index (χ3v) is 2.75. The number of hydrogen-bond acceptors (Lipinski definition) is 2. The maximum Gasteiger partial charge on any atom is 0.120 e. The molecule has 1 N–H and O–H groups in total. The van der Waals surface area contributed by atoms with Crippen molar-refractivity contribution in [1.82, 2.24) is 5.32 Å². The molecule has 0 radical (unpaired) electrons. The number of likely N-dealkylation sites (N-methyl/N-ethyl adjacent to an activating group) is 1. The summed E-state index contributed by atoms with van der Waals surface area (Å²) in [5.74, 6) is 0.967. The SMILES string of the molecule is CCNC(C)C(C)Oc1cc(C)cc(C)c1. The predicted molar refractivity (Wildman–Crippen MR) is 69.1 cm³/mol. The van der Waals surface area contributed by atoms with Crippen LogP contribution in [0.2, 0.25) is 0 Å². The van der Waals surface area contributed by atoms with Gasteiger partial charge in [0.1, 0.15) is 11.9 Å². The van der Waals surface area contributed by atoms with Crippen molar-refractivity contribution in [3.63, 3.8) is 0 Å². The van der Waals surface area contributed by atoms with E-state index in [-0.39, 0.29) is 6.10 Å². The highest BCUT2D eigenvalue weighted by Crippen LogP contribution is 2.18. The van der Waals surface area contributed by atoms with Crippen LogP contribution in [0.4, 0.5) is 0 Å². The van der Waals surface area contributed by atoms with E-state index < -0.39 is 0 Å². The van der Waals surface area contributed by atoms with Crippen LogP contribution < -0.4 is 10.1 Å². The van der Waals surface area contributed by atoms with Crippen molar-refractivity contribution in [2.75, 3.05) is 6.54 Å². The Labute approximate surface area is 99.0 Å². The Balaban J connectivity index is 2.65. The molecule has 1 rings (SSSR count). The molecule has 2 heteroatoms. The molecule has 0 saturated heterocycles. The molecule has 0 aliphatic heterocycles. The third-order valence-electron chi connectivity index (χ3n) is 2.75. The highest BCUT2D eigenvalue weighted by molar-refractivity contribution is 5.33. The lowest BCUT2D eigenvalue weighted by Crippen LogP contribution is -2.38. The highest BCUT2D eigenvalue weighted by Gasteiger charge is 2.12. The molecule has 0 bridgehead atoms. The minimum absolute atomic E-state index is 0.182. The van der Waals surface area contributed by atoms with Crippen LogP contribution >= 0.6 is 0 Å². The molecule has 90 valence electrons. The van der Waals surface area contributed by atoms with Crippen LogP contribution in [0.5, 0.6) is 5.75 Å². The molecular formula is C14H23NO. The first-order chi connectivity index (χ1) is 7.52. The van der Waals surface area contributed by atoms with E-state index >= 15 is 0 Å². The Bertz CT molecular complexity index is 315. The fourth-order valence-electron chi connectivity index (χ4n) is 1.81. The van der Waals surface area contributed by atoms with Crippen LogP contribution in [0.3, 0.4) is 0 Å². The Hall–Kier alpha value is -1.02. The molecule has 16 heavy (non-hydrogen) atoms. The zero-order valence-corrected chi connectivity index (χ0v) is 11.0. The maximum atomic E-state index is 5.93. The molecule has 0 heterocycles. The van der Waals surface area contributed by atoms with Crippen molar-refractivity contribution in [3.8, 4) is 5.75 Å². The second-order valence-electron chi connectivity index (χ2n) is 4.49. The van der Waals surface area contributed by atoms with Crippen molar-refractivity contribution in [3.05, 3.63) is 29.3 Å². The van der Waals surface area contributed by atoms with Gasteiger partial charge >= 0.3 is 0 Å². The summed E-state index contributed by atoms with van der Waals surface area (Å²) in [5.41, 5.74) is 2.50. The van der Waals surface area contributed by atoms with E-state index in [9.17, 15) is 0 Å². The van der Waals surface area contributed by atoms with Gasteiger partial charge in [0.15, 0.2) is 0 Å². The number of nitrogens with one attached hydrogen (secondary N) is 1. The molecule has 1 aromatic carbocycles. The van der Waals surface area contributed by atoms with Gasteiger partial charge in [0, 0.05) is 6.04 Å². The first-order valence-corrected chi connectivity index (χ1v) is 6.01. The van der Waals surface area contributed by atoms with E-state index in [0.717, 1.165) is 12.3 Å². The summed E-state index contributed by atoms with van der Waals surface area (Å²) in [7, 11) is 0. The van der Waals surface area contributed by atoms with Gasteiger partial charge in [-0.2, -0.15) is 0 Å². The summed E-state index contributed by atoms with van der Waals surface area (Å²) in [5, 5.41) is 3.37. The summed E-state index contributed by atoms with van der Waals surface area (Å²) in [6.45, 7) is 11.5. The van der Waals surface area contributed by atoms with Gasteiger partial charge in [-0.05, 0) is 57.5 Å². The Morgan fingerprint density at radius 2 is 1.69 bits per heavy atom. The molecule has 0 spiro atoms. The normalized spacial score (nSPS) is 14.6. The zero-order chi connectivity index (χ0) is 12.1. The largest absolute Gasteiger partial charge is 0.489 e. The van der Waals surface area contributed by atoms with E-state index in [1.54, 1.807) is 0 Å². The van der Waals surface area contributed by atoms with Gasteiger partial charge in [-0.25, -0.2) is 0 Å². The maximum absolute atomic E-state index is 5.93. The molecular weight excluding hydrogens is 198 g/mol. The second kappa shape index (κ2) is 5.90. The fourth-order valence-corrected chi connectivity index (χ4v) is 1.81. The van der Waals surface area contributed by atoms with Gasteiger partial charge in [0.25, 0.3) is 0 Å². The van der Waals surface area contributed by atoms with Crippen molar-refractivity contribution in [1.29, 1.82) is 0 Å². The number of benzene rings is 1. The van der Waals surface area contributed by atoms with Crippen LogP contribution in [0.1, 0.15) is 31.9 Å². The monoisotopic (exact) mass is 221 g/mol. The van der Waals surface area contributed by atoms with Gasteiger partial charge in [-0.15, -0.1) is 0 Å². The summed E-state index contributed by atoms with van der Waals surface area (Å²) in [4.78, 5) is 0. The van der Waals surface area contributed by atoms with Crippen molar-refractivity contribution >= 4 is 0 Å². The van der Waals surface area contributed by atoms with E-state index in [0.29, 0.717) is 6.04 Å². The lowest BCUT2D eigenvalue weighted by atomic mass is 10.1. The average Bonchev–Trinajstić information content (AvgIpc) is 2.16. The van der Waals surface area contributed by atoms with E-state index in [1.165, 1.54) is 11.1 Å². The fraction of sp³-hybridized carbons (Fsp3) is 0.571. The molecule has 1 aromatic rings. The van der Waals surface area contributed by atoms with Gasteiger partial charge in [-0.1, -0.05) is 13.0 Å². The first kappa shape index (κ1) is 13.0. The molecule has 0 fully saturated rings. The Kier molecular flexibility index (Phi) is 4.81. The number of ether oxygens (including phenoxy) is 1. The molecule has 0 amide bonds. The van der Waals surface area contributed by atoms with Crippen LogP contribution in [0.25, 0.3) is 0 Å².